The highest BCUT2D eigenvalue weighted by molar-refractivity contribution is 9.09. The van der Waals surface area contributed by atoms with Crippen LogP contribution in [0.15, 0.2) is 18.2 Å². The van der Waals surface area contributed by atoms with E-state index >= 15 is 0 Å². The van der Waals surface area contributed by atoms with E-state index < -0.39 is 0 Å². The van der Waals surface area contributed by atoms with Crippen LogP contribution < -0.4 is 5.32 Å². The molecular formula is C16H15BrClNO3. The number of carbonyl (C=O) groups excluding carboxylic acids is 2. The Morgan fingerprint density at radius 2 is 2.18 bits per heavy atom. The van der Waals surface area contributed by atoms with Crippen LogP contribution >= 0.6 is 27.5 Å². The van der Waals surface area contributed by atoms with E-state index in [4.69, 9.17) is 16.3 Å². The average Bonchev–Trinajstić information content (AvgIpc) is 3.07. The maximum Gasteiger partial charge on any atom is 0.310 e. The number of hydrogen-bond acceptors (Lipinski definition) is 3. The number of esters is 1. The van der Waals surface area contributed by atoms with Crippen LogP contribution in [0.3, 0.4) is 0 Å². The molecule has 1 N–H and O–H groups in total. The molecule has 22 heavy (non-hydrogen) atoms. The monoisotopic (exact) mass is 383 g/mol. The summed E-state index contributed by atoms with van der Waals surface area (Å²) >= 11 is 9.71. The predicted molar refractivity (Wildman–Crippen MR) is 86.0 cm³/mol. The van der Waals surface area contributed by atoms with Gasteiger partial charge in [0.25, 0.3) is 0 Å². The Morgan fingerprint density at radius 1 is 1.41 bits per heavy atom. The van der Waals surface area contributed by atoms with Crippen LogP contribution in [0.1, 0.15) is 12.0 Å². The van der Waals surface area contributed by atoms with E-state index in [1.165, 1.54) is 0 Å². The highest BCUT2D eigenvalue weighted by atomic mass is 79.9. The van der Waals surface area contributed by atoms with E-state index in [0.717, 1.165) is 12.0 Å². The number of alkyl halides is 1. The molecule has 1 amide bonds. The predicted octanol–water partition coefficient (Wildman–Crippen LogP) is 3.16. The van der Waals surface area contributed by atoms with Crippen molar-refractivity contribution in [1.82, 2.24) is 0 Å². The fourth-order valence-corrected chi connectivity index (χ4v) is 5.45. The Kier molecular flexibility index (Phi) is 3.28. The zero-order valence-corrected chi connectivity index (χ0v) is 14.2. The number of rotatable bonds is 2. The molecule has 3 fully saturated rings. The number of anilines is 1. The molecule has 1 heterocycles. The lowest BCUT2D eigenvalue weighted by atomic mass is 9.79. The smallest absolute Gasteiger partial charge is 0.310 e. The van der Waals surface area contributed by atoms with Gasteiger partial charge in [-0.05, 0) is 37.0 Å². The second kappa shape index (κ2) is 4.96. The molecule has 6 heteroatoms. The maximum absolute atomic E-state index is 12.7. The first-order valence-corrected chi connectivity index (χ1v) is 8.68. The van der Waals surface area contributed by atoms with Gasteiger partial charge >= 0.3 is 5.97 Å². The number of amides is 1. The molecule has 4 rings (SSSR count). The van der Waals surface area contributed by atoms with E-state index in [-0.39, 0.29) is 46.5 Å². The Morgan fingerprint density at radius 3 is 2.91 bits per heavy atom. The van der Waals surface area contributed by atoms with Crippen LogP contribution in [0.4, 0.5) is 5.69 Å². The molecule has 0 radical (unpaired) electrons. The van der Waals surface area contributed by atoms with Crippen LogP contribution in [0.25, 0.3) is 0 Å². The van der Waals surface area contributed by atoms with Gasteiger partial charge in [-0.2, -0.15) is 0 Å². The first-order chi connectivity index (χ1) is 10.5. The maximum atomic E-state index is 12.7. The molecule has 1 aromatic rings. The van der Waals surface area contributed by atoms with Crippen LogP contribution in [0.2, 0.25) is 5.02 Å². The van der Waals surface area contributed by atoms with Crippen LogP contribution in [-0.4, -0.2) is 22.8 Å². The third kappa shape index (κ3) is 1.95. The van der Waals surface area contributed by atoms with Crippen molar-refractivity contribution in [2.75, 3.05) is 5.32 Å². The van der Waals surface area contributed by atoms with Gasteiger partial charge in [0.05, 0.1) is 16.7 Å². The highest BCUT2D eigenvalue weighted by Gasteiger charge is 2.67. The third-order valence-electron chi connectivity index (χ3n) is 5.27. The number of benzene rings is 1. The lowest BCUT2D eigenvalue weighted by molar-refractivity contribution is -0.145. The molecule has 2 saturated carbocycles. The van der Waals surface area contributed by atoms with E-state index in [9.17, 15) is 9.59 Å². The molecule has 1 aromatic carbocycles. The third-order valence-corrected chi connectivity index (χ3v) is 6.87. The van der Waals surface area contributed by atoms with Crippen molar-refractivity contribution in [3.8, 4) is 0 Å². The van der Waals surface area contributed by atoms with Crippen molar-refractivity contribution in [2.24, 2.45) is 23.7 Å². The lowest BCUT2D eigenvalue weighted by Crippen LogP contribution is -2.40. The van der Waals surface area contributed by atoms with Crippen LogP contribution in [0.5, 0.6) is 0 Å². The summed E-state index contributed by atoms with van der Waals surface area (Å²) in [5.41, 5.74) is 1.62. The lowest BCUT2D eigenvalue weighted by Gasteiger charge is -2.27. The van der Waals surface area contributed by atoms with Crippen molar-refractivity contribution in [3.05, 3.63) is 28.8 Å². The Hall–Kier alpha value is -1.07. The van der Waals surface area contributed by atoms with E-state index in [1.807, 2.05) is 19.1 Å². The SMILES string of the molecule is Cc1ccc(NC(=O)[C@@H]2[C@@H]3C[C@H]4[C@H](OC(=O)[C@@H]42)[C@@H]3Br)cc1Cl. The molecule has 4 nitrogen and oxygen atoms in total. The largest absolute Gasteiger partial charge is 0.461 e. The van der Waals surface area contributed by atoms with E-state index in [1.54, 1.807) is 6.07 Å². The first-order valence-electron chi connectivity index (χ1n) is 7.39. The summed E-state index contributed by atoms with van der Waals surface area (Å²) in [4.78, 5) is 24.8. The summed E-state index contributed by atoms with van der Waals surface area (Å²) in [5.74, 6) is -0.599. The summed E-state index contributed by atoms with van der Waals surface area (Å²) in [6.07, 6.45) is 0.823. The molecule has 1 saturated heterocycles. The Bertz CT molecular complexity index is 679. The summed E-state index contributed by atoms with van der Waals surface area (Å²) in [6.45, 7) is 1.91. The quantitative estimate of drug-likeness (QED) is 0.629. The molecule has 0 spiro atoms. The topological polar surface area (TPSA) is 55.4 Å². The van der Waals surface area contributed by atoms with Gasteiger partial charge in [-0.15, -0.1) is 0 Å². The highest BCUT2D eigenvalue weighted by Crippen LogP contribution is 2.60. The number of aryl methyl sites for hydroxylation is 1. The van der Waals surface area contributed by atoms with E-state index in [2.05, 4.69) is 21.2 Å². The Labute approximate surface area is 141 Å². The van der Waals surface area contributed by atoms with Crippen LogP contribution in [-0.2, 0) is 14.3 Å². The molecule has 116 valence electrons. The Balaban J connectivity index is 1.58. The van der Waals surface area contributed by atoms with Gasteiger partial charge in [-0.1, -0.05) is 33.6 Å². The standard InChI is InChI=1S/C16H15BrClNO3/c1-6-2-3-7(4-10(6)18)19-15(20)11-8-5-9-12(11)16(21)22-14(9)13(8)17/h2-4,8-9,11-14H,5H2,1H3,(H,19,20)/t8-,9+,11+,12-,13+,14-/m0/s1. The summed E-state index contributed by atoms with van der Waals surface area (Å²) in [5, 5.41) is 3.52. The zero-order valence-electron chi connectivity index (χ0n) is 11.9. The molecule has 6 atom stereocenters. The van der Waals surface area contributed by atoms with Crippen molar-refractivity contribution < 1.29 is 14.3 Å². The fourth-order valence-electron chi connectivity index (χ4n) is 4.23. The number of nitrogens with one attached hydrogen (secondary N) is 1. The molecule has 1 aliphatic heterocycles. The van der Waals surface area contributed by atoms with Gasteiger partial charge in [-0.3, -0.25) is 9.59 Å². The molecule has 0 aromatic heterocycles. The normalized spacial score (nSPS) is 38.2. The molecule has 2 bridgehead atoms. The second-order valence-corrected chi connectivity index (χ2v) is 7.88. The van der Waals surface area contributed by atoms with Gasteiger partial charge in [0.15, 0.2) is 0 Å². The minimum absolute atomic E-state index is 0.0552. The van der Waals surface area contributed by atoms with Gasteiger partial charge in [0.1, 0.15) is 6.10 Å². The van der Waals surface area contributed by atoms with E-state index in [0.29, 0.717) is 10.7 Å². The van der Waals surface area contributed by atoms with Crippen molar-refractivity contribution in [2.45, 2.75) is 24.3 Å². The number of hydrogen-bond donors (Lipinski definition) is 1. The fraction of sp³-hybridized carbons (Fsp3) is 0.500. The summed E-state index contributed by atoms with van der Waals surface area (Å²) in [7, 11) is 0. The molecule has 2 aliphatic carbocycles. The minimum Gasteiger partial charge on any atom is -0.461 e. The molecule has 3 aliphatic rings. The number of fused-ring (bicyclic) bond motifs is 1. The number of halogens is 2. The second-order valence-electron chi connectivity index (χ2n) is 6.41. The number of ether oxygens (including phenoxy) is 1. The van der Waals surface area contributed by atoms with Gasteiger partial charge in [0, 0.05) is 16.6 Å². The van der Waals surface area contributed by atoms with Gasteiger partial charge in [0.2, 0.25) is 5.91 Å². The molecule has 0 unspecified atom stereocenters. The number of carbonyl (C=O) groups is 2. The minimum atomic E-state index is -0.319. The average molecular weight is 385 g/mol. The van der Waals surface area contributed by atoms with Crippen LogP contribution in [0, 0.1) is 30.6 Å². The van der Waals surface area contributed by atoms with Crippen molar-refractivity contribution in [3.63, 3.8) is 0 Å². The first kappa shape index (κ1) is 14.5. The van der Waals surface area contributed by atoms with Gasteiger partial charge < -0.3 is 10.1 Å². The van der Waals surface area contributed by atoms with Crippen molar-refractivity contribution >= 4 is 45.1 Å². The summed E-state index contributed by atoms with van der Waals surface area (Å²) in [6, 6.07) is 5.43. The molecular weight excluding hydrogens is 370 g/mol. The summed E-state index contributed by atoms with van der Waals surface area (Å²) < 4.78 is 5.43. The van der Waals surface area contributed by atoms with Gasteiger partial charge in [-0.25, -0.2) is 0 Å². The van der Waals surface area contributed by atoms with Crippen molar-refractivity contribution in [1.29, 1.82) is 0 Å². The zero-order chi connectivity index (χ0) is 15.6.